The van der Waals surface area contributed by atoms with E-state index in [4.69, 9.17) is 0 Å². The molecule has 104 valence electrons. The summed E-state index contributed by atoms with van der Waals surface area (Å²) in [5, 5.41) is 16.4. The Kier molecular flexibility index (Phi) is 3.58. The average Bonchev–Trinajstić information content (AvgIpc) is 3.04. The Hall–Kier alpha value is -1.66. The maximum atomic E-state index is 12.0. The summed E-state index contributed by atoms with van der Waals surface area (Å²) < 4.78 is 0. The summed E-state index contributed by atoms with van der Waals surface area (Å²) in [7, 11) is 0. The van der Waals surface area contributed by atoms with Crippen molar-refractivity contribution in [1.82, 2.24) is 0 Å². The molecule has 6 heteroatoms. The minimum atomic E-state index is -0.949. The molecule has 2 heterocycles. The molecule has 2 aromatic heterocycles. The van der Waals surface area contributed by atoms with Gasteiger partial charge >= 0.3 is 5.97 Å². The van der Waals surface area contributed by atoms with Gasteiger partial charge in [-0.3, -0.25) is 4.79 Å². The van der Waals surface area contributed by atoms with Gasteiger partial charge in [0.25, 0.3) is 0 Å². The molecule has 0 aromatic carbocycles. The van der Waals surface area contributed by atoms with Crippen LogP contribution in [0.1, 0.15) is 32.8 Å². The summed E-state index contributed by atoms with van der Waals surface area (Å²) in [5.74, 6) is -1.11. The molecule has 0 saturated carbocycles. The number of rotatable bonds is 4. The van der Waals surface area contributed by atoms with Gasteiger partial charge in [-0.2, -0.15) is 11.3 Å². The highest BCUT2D eigenvalue weighted by Gasteiger charge is 2.27. The number of hydrogen-bond donors (Lipinski definition) is 2. The average molecular weight is 307 g/mol. The van der Waals surface area contributed by atoms with Crippen molar-refractivity contribution in [2.45, 2.75) is 25.7 Å². The third-order valence-electron chi connectivity index (χ3n) is 3.33. The zero-order valence-electron chi connectivity index (χ0n) is 10.6. The zero-order chi connectivity index (χ0) is 14.1. The lowest BCUT2D eigenvalue weighted by molar-refractivity contribution is -0.115. The second-order valence-corrected chi connectivity index (χ2v) is 6.61. The number of thiophene rings is 2. The molecule has 0 spiro atoms. The van der Waals surface area contributed by atoms with Gasteiger partial charge in [0.2, 0.25) is 5.91 Å². The number of carbonyl (C=O) groups is 2. The van der Waals surface area contributed by atoms with Gasteiger partial charge in [0.15, 0.2) is 0 Å². The lowest BCUT2D eigenvalue weighted by Crippen LogP contribution is -2.15. The number of aryl methyl sites for hydroxylation is 1. The number of aromatic carboxylic acids is 1. The van der Waals surface area contributed by atoms with Crippen LogP contribution in [-0.4, -0.2) is 17.0 Å². The van der Waals surface area contributed by atoms with Crippen LogP contribution in [0.5, 0.6) is 0 Å². The number of nitrogens with one attached hydrogen (secondary N) is 1. The van der Waals surface area contributed by atoms with Crippen LogP contribution >= 0.6 is 22.7 Å². The minimum Gasteiger partial charge on any atom is -0.478 e. The lowest BCUT2D eigenvalue weighted by Gasteiger charge is -2.04. The van der Waals surface area contributed by atoms with Crippen LogP contribution in [0.4, 0.5) is 5.00 Å². The fourth-order valence-corrected chi connectivity index (χ4v) is 4.43. The van der Waals surface area contributed by atoms with E-state index in [-0.39, 0.29) is 12.3 Å². The molecule has 1 aliphatic rings. The van der Waals surface area contributed by atoms with Gasteiger partial charge in [-0.25, -0.2) is 4.79 Å². The van der Waals surface area contributed by atoms with Gasteiger partial charge < -0.3 is 10.4 Å². The van der Waals surface area contributed by atoms with Crippen molar-refractivity contribution in [3.05, 3.63) is 38.4 Å². The van der Waals surface area contributed by atoms with Gasteiger partial charge in [0.1, 0.15) is 5.00 Å². The highest BCUT2D eigenvalue weighted by atomic mass is 32.1. The molecular formula is C14H13NO3S2. The maximum absolute atomic E-state index is 12.0. The topological polar surface area (TPSA) is 66.4 Å². The Bertz CT molecular complexity index is 658. The van der Waals surface area contributed by atoms with E-state index in [0.717, 1.165) is 35.3 Å². The summed E-state index contributed by atoms with van der Waals surface area (Å²) in [5.41, 5.74) is 2.16. The Labute approximate surface area is 124 Å². The van der Waals surface area contributed by atoms with E-state index in [9.17, 15) is 14.7 Å². The maximum Gasteiger partial charge on any atom is 0.339 e. The van der Waals surface area contributed by atoms with Gasteiger partial charge in [0.05, 0.1) is 12.0 Å². The molecule has 0 aliphatic heterocycles. The van der Waals surface area contributed by atoms with Crippen molar-refractivity contribution in [3.8, 4) is 0 Å². The number of anilines is 1. The second-order valence-electron chi connectivity index (χ2n) is 4.72. The summed E-state index contributed by atoms with van der Waals surface area (Å²) in [6.07, 6.45) is 3.00. The van der Waals surface area contributed by atoms with Crippen LogP contribution in [0.15, 0.2) is 16.8 Å². The molecular weight excluding hydrogens is 294 g/mol. The number of carboxylic acids is 1. The van der Waals surface area contributed by atoms with Gasteiger partial charge in [-0.15, -0.1) is 11.3 Å². The molecule has 0 radical (unpaired) electrons. The van der Waals surface area contributed by atoms with Crippen LogP contribution in [-0.2, 0) is 24.1 Å². The molecule has 0 unspecified atom stereocenters. The first-order valence-electron chi connectivity index (χ1n) is 6.34. The number of hydrogen-bond acceptors (Lipinski definition) is 4. The molecule has 0 atom stereocenters. The predicted octanol–water partition coefficient (Wildman–Crippen LogP) is 3.18. The number of amides is 1. The first kappa shape index (κ1) is 13.3. The lowest BCUT2D eigenvalue weighted by atomic mass is 10.1. The molecule has 20 heavy (non-hydrogen) atoms. The van der Waals surface area contributed by atoms with E-state index < -0.39 is 5.97 Å². The van der Waals surface area contributed by atoms with Crippen molar-refractivity contribution >= 4 is 39.6 Å². The fraction of sp³-hybridized carbons (Fsp3) is 0.286. The molecule has 3 rings (SSSR count). The normalized spacial score (nSPS) is 13.2. The van der Waals surface area contributed by atoms with E-state index >= 15 is 0 Å². The van der Waals surface area contributed by atoms with E-state index in [1.165, 1.54) is 11.3 Å². The van der Waals surface area contributed by atoms with Crippen LogP contribution in [0, 0.1) is 0 Å². The second kappa shape index (κ2) is 5.38. The number of fused-ring (bicyclic) bond motifs is 1. The van der Waals surface area contributed by atoms with Gasteiger partial charge in [-0.05, 0) is 47.2 Å². The van der Waals surface area contributed by atoms with Gasteiger partial charge in [0, 0.05) is 4.88 Å². The predicted molar refractivity (Wildman–Crippen MR) is 80.0 cm³/mol. The third kappa shape index (κ3) is 2.48. The largest absolute Gasteiger partial charge is 0.478 e. The first-order chi connectivity index (χ1) is 9.65. The van der Waals surface area contributed by atoms with E-state index in [0.29, 0.717) is 10.6 Å². The summed E-state index contributed by atoms with van der Waals surface area (Å²) in [6.45, 7) is 0. The molecule has 1 amide bonds. The molecule has 1 aliphatic carbocycles. The van der Waals surface area contributed by atoms with Gasteiger partial charge in [-0.1, -0.05) is 0 Å². The van der Waals surface area contributed by atoms with Crippen molar-refractivity contribution in [1.29, 1.82) is 0 Å². The fourth-order valence-electron chi connectivity index (χ4n) is 2.47. The molecule has 0 saturated heterocycles. The van der Waals surface area contributed by atoms with Crippen molar-refractivity contribution in [2.24, 2.45) is 0 Å². The SMILES string of the molecule is O=C(Cc1ccsc1)Nc1sc2c(c1C(=O)O)CCC2. The summed E-state index contributed by atoms with van der Waals surface area (Å²) in [4.78, 5) is 24.5. The smallest absolute Gasteiger partial charge is 0.339 e. The molecule has 0 bridgehead atoms. The quantitative estimate of drug-likeness (QED) is 0.911. The molecule has 4 nitrogen and oxygen atoms in total. The third-order valence-corrected chi connectivity index (χ3v) is 5.27. The van der Waals surface area contributed by atoms with Crippen molar-refractivity contribution in [3.63, 3.8) is 0 Å². The van der Waals surface area contributed by atoms with E-state index in [1.807, 2.05) is 16.8 Å². The number of carboxylic acid groups (broad SMARTS) is 1. The Morgan fingerprint density at radius 1 is 1.35 bits per heavy atom. The highest BCUT2D eigenvalue weighted by molar-refractivity contribution is 7.17. The van der Waals surface area contributed by atoms with Crippen LogP contribution < -0.4 is 5.32 Å². The van der Waals surface area contributed by atoms with Crippen LogP contribution in [0.25, 0.3) is 0 Å². The minimum absolute atomic E-state index is 0.161. The Balaban J connectivity index is 1.80. The van der Waals surface area contributed by atoms with Crippen molar-refractivity contribution < 1.29 is 14.7 Å². The van der Waals surface area contributed by atoms with E-state index in [2.05, 4.69) is 5.32 Å². The first-order valence-corrected chi connectivity index (χ1v) is 8.10. The number of carbonyl (C=O) groups excluding carboxylic acids is 1. The summed E-state index contributed by atoms with van der Waals surface area (Å²) in [6, 6.07) is 1.90. The summed E-state index contributed by atoms with van der Waals surface area (Å²) >= 11 is 2.95. The van der Waals surface area contributed by atoms with Crippen molar-refractivity contribution in [2.75, 3.05) is 5.32 Å². The Morgan fingerprint density at radius 3 is 2.90 bits per heavy atom. The molecule has 2 aromatic rings. The standard InChI is InChI=1S/C14H13NO3S2/c16-11(6-8-4-5-19-7-8)15-13-12(14(17)18)9-2-1-3-10(9)20-13/h4-5,7H,1-3,6H2,(H,15,16)(H,17,18). The highest BCUT2D eigenvalue weighted by Crippen LogP contribution is 2.39. The van der Waals surface area contributed by atoms with Crippen LogP contribution in [0.2, 0.25) is 0 Å². The zero-order valence-corrected chi connectivity index (χ0v) is 12.3. The van der Waals surface area contributed by atoms with Crippen LogP contribution in [0.3, 0.4) is 0 Å². The molecule has 0 fully saturated rings. The monoisotopic (exact) mass is 307 g/mol. The molecule has 2 N–H and O–H groups in total. The Morgan fingerprint density at radius 2 is 2.20 bits per heavy atom. The van der Waals surface area contributed by atoms with E-state index in [1.54, 1.807) is 11.3 Å².